The molecule has 52 valence electrons. The van der Waals surface area contributed by atoms with Gasteiger partial charge >= 0.3 is 0 Å². The van der Waals surface area contributed by atoms with Crippen LogP contribution in [0.5, 0.6) is 0 Å². The number of rotatable bonds is 1. The van der Waals surface area contributed by atoms with Gasteiger partial charge in [0.25, 0.3) is 0 Å². The maximum absolute atomic E-state index is 5.32. The van der Waals surface area contributed by atoms with Crippen LogP contribution in [0.15, 0.2) is 12.4 Å². The van der Waals surface area contributed by atoms with Crippen LogP contribution in [-0.2, 0) is 0 Å². The van der Waals surface area contributed by atoms with Gasteiger partial charge in [-0.3, -0.25) is 0 Å². The molecule has 0 aromatic carbocycles. The van der Waals surface area contributed by atoms with Crippen molar-refractivity contribution in [3.05, 3.63) is 23.8 Å². The Bertz CT molecular complexity index is 242. The van der Waals surface area contributed by atoms with E-state index in [1.807, 2.05) is 6.92 Å². The Morgan fingerprint density at radius 3 is 2.40 bits per heavy atom. The van der Waals surface area contributed by atoms with Gasteiger partial charge in [-0.05, 0) is 6.92 Å². The third-order valence-electron chi connectivity index (χ3n) is 1.07. The second-order valence-electron chi connectivity index (χ2n) is 1.88. The maximum Gasteiger partial charge on any atom is 0.125 e. The highest BCUT2D eigenvalue weighted by molar-refractivity contribution is 7.80. The van der Waals surface area contributed by atoms with Gasteiger partial charge in [0, 0.05) is 18.0 Å². The van der Waals surface area contributed by atoms with Crippen molar-refractivity contribution in [2.45, 2.75) is 6.92 Å². The molecule has 0 saturated heterocycles. The topological polar surface area (TPSA) is 51.8 Å². The molecule has 0 spiro atoms. The van der Waals surface area contributed by atoms with Gasteiger partial charge in [0.05, 0.1) is 0 Å². The van der Waals surface area contributed by atoms with E-state index in [-0.39, 0.29) is 0 Å². The molecule has 0 fully saturated rings. The van der Waals surface area contributed by atoms with E-state index in [1.54, 1.807) is 12.4 Å². The molecule has 1 heterocycles. The van der Waals surface area contributed by atoms with Gasteiger partial charge < -0.3 is 5.73 Å². The molecular weight excluding hydrogens is 146 g/mol. The van der Waals surface area contributed by atoms with E-state index in [1.165, 1.54) is 0 Å². The molecular formula is C6H7N3S. The van der Waals surface area contributed by atoms with Crippen molar-refractivity contribution in [3.8, 4) is 0 Å². The van der Waals surface area contributed by atoms with Crippen LogP contribution in [-0.4, -0.2) is 15.0 Å². The molecule has 0 amide bonds. The summed E-state index contributed by atoms with van der Waals surface area (Å²) in [5, 5.41) is 0. The Morgan fingerprint density at radius 1 is 1.50 bits per heavy atom. The van der Waals surface area contributed by atoms with Crippen LogP contribution in [0.25, 0.3) is 0 Å². The van der Waals surface area contributed by atoms with Crippen LogP contribution in [0.2, 0.25) is 0 Å². The molecule has 0 bridgehead atoms. The van der Waals surface area contributed by atoms with Crippen molar-refractivity contribution in [1.29, 1.82) is 0 Å². The first-order chi connectivity index (χ1) is 4.70. The molecule has 0 aliphatic carbocycles. The van der Waals surface area contributed by atoms with Crippen LogP contribution in [0, 0.1) is 6.92 Å². The van der Waals surface area contributed by atoms with Gasteiger partial charge in [0.15, 0.2) is 0 Å². The lowest BCUT2D eigenvalue weighted by molar-refractivity contribution is 1.05. The summed E-state index contributed by atoms with van der Waals surface area (Å²) in [6.45, 7) is 1.81. The Balaban J connectivity index is 3.00. The summed E-state index contributed by atoms with van der Waals surface area (Å²) in [7, 11) is 0. The fourth-order valence-electron chi connectivity index (χ4n) is 0.520. The largest absolute Gasteiger partial charge is 0.389 e. The van der Waals surface area contributed by atoms with Gasteiger partial charge in [-0.2, -0.15) is 0 Å². The second kappa shape index (κ2) is 2.70. The number of aryl methyl sites for hydroxylation is 1. The standard InChI is InChI=1S/C6H7N3S/c1-4-8-2-5(3-9-4)6(7)10/h2-3H,1H3,(H2,7,10). The van der Waals surface area contributed by atoms with Gasteiger partial charge in [-0.15, -0.1) is 0 Å². The molecule has 2 N–H and O–H groups in total. The smallest absolute Gasteiger partial charge is 0.125 e. The monoisotopic (exact) mass is 153 g/mol. The zero-order valence-electron chi connectivity index (χ0n) is 5.53. The molecule has 0 atom stereocenters. The van der Waals surface area contributed by atoms with Crippen molar-refractivity contribution in [1.82, 2.24) is 9.97 Å². The molecule has 4 heteroatoms. The van der Waals surface area contributed by atoms with Crippen LogP contribution in [0.4, 0.5) is 0 Å². The number of hydrogen-bond donors (Lipinski definition) is 1. The van der Waals surface area contributed by atoms with Crippen molar-refractivity contribution in [3.63, 3.8) is 0 Å². The van der Waals surface area contributed by atoms with Crippen molar-refractivity contribution < 1.29 is 0 Å². The summed E-state index contributed by atoms with van der Waals surface area (Å²) in [4.78, 5) is 8.18. The Morgan fingerprint density at radius 2 is 2.00 bits per heavy atom. The quantitative estimate of drug-likeness (QED) is 0.594. The summed E-state index contributed by atoms with van der Waals surface area (Å²) in [6.07, 6.45) is 3.23. The highest BCUT2D eigenvalue weighted by Gasteiger charge is 1.94. The van der Waals surface area contributed by atoms with E-state index in [2.05, 4.69) is 9.97 Å². The predicted molar refractivity (Wildman–Crippen MR) is 42.7 cm³/mol. The van der Waals surface area contributed by atoms with Gasteiger partial charge in [-0.25, -0.2) is 9.97 Å². The average Bonchev–Trinajstić information content (AvgIpc) is 1.88. The number of thiocarbonyl (C=S) groups is 1. The molecule has 0 aliphatic rings. The van der Waals surface area contributed by atoms with Gasteiger partial charge in [-0.1, -0.05) is 12.2 Å². The molecule has 0 aliphatic heterocycles. The molecule has 0 radical (unpaired) electrons. The predicted octanol–water partition coefficient (Wildman–Crippen LogP) is 0.419. The number of nitrogens with zero attached hydrogens (tertiary/aromatic N) is 2. The van der Waals surface area contributed by atoms with Crippen molar-refractivity contribution in [2.24, 2.45) is 5.73 Å². The van der Waals surface area contributed by atoms with Crippen molar-refractivity contribution >= 4 is 17.2 Å². The van der Waals surface area contributed by atoms with Gasteiger partial charge in [0.2, 0.25) is 0 Å². The first kappa shape index (κ1) is 7.08. The summed E-state index contributed by atoms with van der Waals surface area (Å²) in [6, 6.07) is 0. The summed E-state index contributed by atoms with van der Waals surface area (Å²) in [5.41, 5.74) is 6.02. The first-order valence-electron chi connectivity index (χ1n) is 2.78. The first-order valence-corrected chi connectivity index (χ1v) is 3.19. The maximum atomic E-state index is 5.32. The molecule has 1 aromatic heterocycles. The van der Waals surface area contributed by atoms with Crippen LogP contribution in [0.1, 0.15) is 11.4 Å². The third kappa shape index (κ3) is 1.48. The van der Waals surface area contributed by atoms with Crippen molar-refractivity contribution in [2.75, 3.05) is 0 Å². The fraction of sp³-hybridized carbons (Fsp3) is 0.167. The molecule has 1 rings (SSSR count). The Hall–Kier alpha value is -1.03. The second-order valence-corrected chi connectivity index (χ2v) is 2.32. The number of nitrogens with two attached hydrogens (primary N) is 1. The van der Waals surface area contributed by atoms with E-state index >= 15 is 0 Å². The fourth-order valence-corrected chi connectivity index (χ4v) is 0.625. The Labute approximate surface area is 64.3 Å². The number of aromatic nitrogens is 2. The highest BCUT2D eigenvalue weighted by Crippen LogP contribution is 1.93. The third-order valence-corrected chi connectivity index (χ3v) is 1.30. The lowest BCUT2D eigenvalue weighted by atomic mass is 10.3. The molecule has 0 saturated carbocycles. The minimum absolute atomic E-state index is 0.333. The minimum atomic E-state index is 0.333. The normalized spacial score (nSPS) is 9.30. The van der Waals surface area contributed by atoms with Crippen LogP contribution < -0.4 is 5.73 Å². The van der Waals surface area contributed by atoms with Crippen LogP contribution >= 0.6 is 12.2 Å². The lowest BCUT2D eigenvalue weighted by Crippen LogP contribution is -2.10. The Kier molecular flexibility index (Phi) is 1.91. The van der Waals surface area contributed by atoms with E-state index in [4.69, 9.17) is 18.0 Å². The average molecular weight is 153 g/mol. The molecule has 3 nitrogen and oxygen atoms in total. The van der Waals surface area contributed by atoms with Crippen LogP contribution in [0.3, 0.4) is 0 Å². The molecule has 1 aromatic rings. The van der Waals surface area contributed by atoms with Gasteiger partial charge in [0.1, 0.15) is 10.8 Å². The highest BCUT2D eigenvalue weighted by atomic mass is 32.1. The zero-order chi connectivity index (χ0) is 7.56. The summed E-state index contributed by atoms with van der Waals surface area (Å²) in [5.74, 6) is 0.722. The van der Waals surface area contributed by atoms with E-state index in [0.717, 1.165) is 5.82 Å². The van der Waals surface area contributed by atoms with E-state index < -0.39 is 0 Å². The number of hydrogen-bond acceptors (Lipinski definition) is 3. The zero-order valence-corrected chi connectivity index (χ0v) is 6.35. The molecule has 0 unspecified atom stereocenters. The minimum Gasteiger partial charge on any atom is -0.389 e. The van der Waals surface area contributed by atoms with E-state index in [9.17, 15) is 0 Å². The summed E-state index contributed by atoms with van der Waals surface area (Å²) < 4.78 is 0. The molecule has 10 heavy (non-hydrogen) atoms. The van der Waals surface area contributed by atoms with E-state index in [0.29, 0.717) is 10.6 Å². The summed E-state index contributed by atoms with van der Waals surface area (Å²) >= 11 is 4.70. The SMILES string of the molecule is Cc1ncc(C(N)=S)cn1. The lowest BCUT2D eigenvalue weighted by Gasteiger charge is -1.94.